The largest absolute Gasteiger partial charge is 0.481 e. The summed E-state index contributed by atoms with van der Waals surface area (Å²) in [5, 5.41) is 16.5. The van der Waals surface area contributed by atoms with Crippen LogP contribution in [-0.4, -0.2) is 34.1 Å². The molecule has 0 aromatic rings. The number of rotatable bonds is 3. The van der Waals surface area contributed by atoms with Crippen LogP contribution in [0.2, 0.25) is 0 Å². The zero-order valence-corrected chi connectivity index (χ0v) is 6.28. The van der Waals surface area contributed by atoms with Gasteiger partial charge in [0.1, 0.15) is 12.0 Å². The summed E-state index contributed by atoms with van der Waals surface area (Å²) in [5.74, 6) is -10.6. The second-order valence-electron chi connectivity index (χ2n) is 2.88. The van der Waals surface area contributed by atoms with Crippen LogP contribution in [0.25, 0.3) is 0 Å². The molecule has 5 nitrogen and oxygen atoms in total. The van der Waals surface area contributed by atoms with Crippen LogP contribution in [0, 0.1) is 11.8 Å². The van der Waals surface area contributed by atoms with Gasteiger partial charge in [-0.05, 0) is 0 Å². The molecule has 0 amide bonds. The lowest BCUT2D eigenvalue weighted by molar-refractivity contribution is -0.141. The smallest absolute Gasteiger partial charge is 0.321 e. The van der Waals surface area contributed by atoms with E-state index in [1.165, 1.54) is 0 Å². The zero-order chi connectivity index (χ0) is 10.4. The molecule has 0 saturated heterocycles. The van der Waals surface area contributed by atoms with Crippen molar-refractivity contribution in [3.8, 4) is 0 Å². The molecule has 0 aromatic carbocycles. The lowest BCUT2D eigenvalue weighted by Gasteiger charge is -2.02. The van der Waals surface area contributed by atoms with Gasteiger partial charge in [-0.1, -0.05) is 0 Å². The molecular formula is C6H7F2NO4. The second-order valence-corrected chi connectivity index (χ2v) is 2.88. The summed E-state index contributed by atoms with van der Waals surface area (Å²) in [6.45, 7) is 0. The standard InChI is InChI=1S/C6H7F2NO4/c7-6(8)1(2(6)4(10)11)3(9)5(12)13/h1-3H,9H2,(H,10,11)(H,12,13)/t1-,2?,3-/m0/s1. The highest BCUT2D eigenvalue weighted by atomic mass is 19.3. The Labute approximate surface area is 71.1 Å². The molecule has 1 saturated carbocycles. The van der Waals surface area contributed by atoms with Gasteiger partial charge in [-0.3, -0.25) is 9.59 Å². The van der Waals surface area contributed by atoms with E-state index in [1.807, 2.05) is 0 Å². The molecule has 0 spiro atoms. The molecule has 13 heavy (non-hydrogen) atoms. The third-order valence-corrected chi connectivity index (χ3v) is 2.05. The van der Waals surface area contributed by atoms with E-state index in [-0.39, 0.29) is 0 Å². The molecule has 0 heterocycles. The number of carboxylic acids is 2. The van der Waals surface area contributed by atoms with Crippen LogP contribution in [0.5, 0.6) is 0 Å². The highest BCUT2D eigenvalue weighted by molar-refractivity contribution is 5.81. The van der Waals surface area contributed by atoms with E-state index in [2.05, 4.69) is 0 Å². The number of alkyl halides is 2. The first-order valence-corrected chi connectivity index (χ1v) is 3.39. The van der Waals surface area contributed by atoms with E-state index < -0.39 is 35.7 Å². The highest BCUT2D eigenvalue weighted by Gasteiger charge is 2.75. The summed E-state index contributed by atoms with van der Waals surface area (Å²) in [6.07, 6.45) is 0. The number of carbonyl (C=O) groups is 2. The maximum Gasteiger partial charge on any atom is 0.321 e. The van der Waals surface area contributed by atoms with E-state index in [0.717, 1.165) is 0 Å². The molecule has 7 heteroatoms. The minimum absolute atomic E-state index is 1.62. The zero-order valence-electron chi connectivity index (χ0n) is 6.28. The monoisotopic (exact) mass is 195 g/mol. The second kappa shape index (κ2) is 2.63. The number of carboxylic acid groups (broad SMARTS) is 2. The summed E-state index contributed by atoms with van der Waals surface area (Å²) in [5.41, 5.74) is 4.88. The van der Waals surface area contributed by atoms with E-state index in [9.17, 15) is 18.4 Å². The van der Waals surface area contributed by atoms with Gasteiger partial charge in [0.25, 0.3) is 5.92 Å². The first-order chi connectivity index (χ1) is 5.80. The molecule has 0 bridgehead atoms. The average Bonchev–Trinajstić information content (AvgIpc) is 2.51. The van der Waals surface area contributed by atoms with Crippen molar-refractivity contribution < 1.29 is 28.6 Å². The van der Waals surface area contributed by atoms with Crippen LogP contribution in [0.3, 0.4) is 0 Å². The summed E-state index contributed by atoms with van der Waals surface area (Å²) in [4.78, 5) is 20.4. The van der Waals surface area contributed by atoms with Gasteiger partial charge in [-0.15, -0.1) is 0 Å². The first-order valence-electron chi connectivity index (χ1n) is 3.39. The third-order valence-electron chi connectivity index (χ3n) is 2.05. The van der Waals surface area contributed by atoms with E-state index in [0.29, 0.717) is 0 Å². The Bertz CT molecular complexity index is 267. The molecule has 1 aliphatic carbocycles. The lowest BCUT2D eigenvalue weighted by atomic mass is 10.1. The summed E-state index contributed by atoms with van der Waals surface area (Å²) >= 11 is 0. The van der Waals surface area contributed by atoms with Crippen molar-refractivity contribution >= 4 is 11.9 Å². The molecule has 3 atom stereocenters. The molecule has 1 fully saturated rings. The fourth-order valence-electron chi connectivity index (χ4n) is 1.27. The van der Waals surface area contributed by atoms with Crippen molar-refractivity contribution in [2.75, 3.05) is 0 Å². The third kappa shape index (κ3) is 1.35. The average molecular weight is 195 g/mol. The SMILES string of the molecule is N[C@H](C(=O)O)[C@@H]1C(C(=O)O)C1(F)F. The van der Waals surface area contributed by atoms with Crippen molar-refractivity contribution in [3.63, 3.8) is 0 Å². The Morgan fingerprint density at radius 2 is 1.85 bits per heavy atom. The van der Waals surface area contributed by atoms with Crippen molar-refractivity contribution in [1.29, 1.82) is 0 Å². The summed E-state index contributed by atoms with van der Waals surface area (Å²) in [7, 11) is 0. The predicted molar refractivity (Wildman–Crippen MR) is 35.2 cm³/mol. The fourth-order valence-corrected chi connectivity index (χ4v) is 1.27. The van der Waals surface area contributed by atoms with Gasteiger partial charge in [-0.2, -0.15) is 0 Å². The Morgan fingerprint density at radius 1 is 1.38 bits per heavy atom. The van der Waals surface area contributed by atoms with Crippen molar-refractivity contribution in [3.05, 3.63) is 0 Å². The number of halogens is 2. The van der Waals surface area contributed by atoms with Gasteiger partial charge in [0, 0.05) is 0 Å². The quantitative estimate of drug-likeness (QED) is 0.556. The minimum atomic E-state index is -3.50. The van der Waals surface area contributed by atoms with Crippen LogP contribution in [0.1, 0.15) is 0 Å². The summed E-state index contributed by atoms with van der Waals surface area (Å²) in [6, 6.07) is -1.82. The normalized spacial score (nSPS) is 32.2. The lowest BCUT2D eigenvalue weighted by Crippen LogP contribution is -2.34. The molecule has 1 aliphatic rings. The molecule has 1 rings (SSSR count). The molecule has 74 valence electrons. The van der Waals surface area contributed by atoms with Gasteiger partial charge in [0.05, 0.1) is 5.92 Å². The van der Waals surface area contributed by atoms with Crippen LogP contribution in [0.15, 0.2) is 0 Å². The van der Waals surface area contributed by atoms with E-state index in [1.54, 1.807) is 0 Å². The van der Waals surface area contributed by atoms with Gasteiger partial charge in [0.15, 0.2) is 0 Å². The molecule has 4 N–H and O–H groups in total. The Morgan fingerprint density at radius 3 is 2.08 bits per heavy atom. The van der Waals surface area contributed by atoms with Crippen LogP contribution < -0.4 is 5.73 Å². The fraction of sp³-hybridized carbons (Fsp3) is 0.667. The maximum atomic E-state index is 12.6. The Hall–Kier alpha value is -1.24. The molecular weight excluding hydrogens is 188 g/mol. The van der Waals surface area contributed by atoms with Crippen molar-refractivity contribution in [1.82, 2.24) is 0 Å². The highest BCUT2D eigenvalue weighted by Crippen LogP contribution is 2.56. The number of hydrogen-bond donors (Lipinski definition) is 3. The molecule has 0 aromatic heterocycles. The predicted octanol–water partition coefficient (Wildman–Crippen LogP) is -0.636. The summed E-state index contributed by atoms with van der Waals surface area (Å²) < 4.78 is 25.2. The first kappa shape index (κ1) is 9.85. The maximum absolute atomic E-state index is 12.6. The van der Waals surface area contributed by atoms with Crippen LogP contribution in [-0.2, 0) is 9.59 Å². The van der Waals surface area contributed by atoms with Gasteiger partial charge in [0.2, 0.25) is 0 Å². The van der Waals surface area contributed by atoms with Crippen LogP contribution >= 0.6 is 0 Å². The molecule has 0 radical (unpaired) electrons. The number of aliphatic carboxylic acids is 2. The topological polar surface area (TPSA) is 101 Å². The Balaban J connectivity index is 2.76. The Kier molecular flexibility index (Phi) is 1.99. The molecule has 0 aliphatic heterocycles. The number of nitrogens with two attached hydrogens (primary N) is 1. The van der Waals surface area contributed by atoms with E-state index in [4.69, 9.17) is 15.9 Å². The van der Waals surface area contributed by atoms with E-state index >= 15 is 0 Å². The van der Waals surface area contributed by atoms with Crippen molar-refractivity contribution in [2.45, 2.75) is 12.0 Å². The molecule has 1 unspecified atom stereocenters. The minimum Gasteiger partial charge on any atom is -0.481 e. The van der Waals surface area contributed by atoms with Gasteiger partial charge >= 0.3 is 11.9 Å². The van der Waals surface area contributed by atoms with Crippen molar-refractivity contribution in [2.24, 2.45) is 17.6 Å². The van der Waals surface area contributed by atoms with Crippen LogP contribution in [0.4, 0.5) is 8.78 Å². The number of hydrogen-bond acceptors (Lipinski definition) is 3. The van der Waals surface area contributed by atoms with Gasteiger partial charge < -0.3 is 15.9 Å². The van der Waals surface area contributed by atoms with Gasteiger partial charge in [-0.25, -0.2) is 8.78 Å².